The quantitative estimate of drug-likeness (QED) is 0.759. The predicted molar refractivity (Wildman–Crippen MR) is 84.4 cm³/mol. The first-order valence-corrected chi connectivity index (χ1v) is 8.14. The van der Waals surface area contributed by atoms with E-state index in [1.807, 2.05) is 55.0 Å². The fourth-order valence-corrected chi connectivity index (χ4v) is 3.67. The SMILES string of the molecule is CN(C)c1ccc(C(=O)CSC2CCCCC2)cc1. The van der Waals surface area contributed by atoms with E-state index in [2.05, 4.69) is 0 Å². The number of Topliss-reactive ketones (excluding diaryl/α,β-unsaturated/α-hetero) is 1. The van der Waals surface area contributed by atoms with Gasteiger partial charge in [0.25, 0.3) is 0 Å². The number of rotatable bonds is 5. The molecule has 2 rings (SSSR count). The summed E-state index contributed by atoms with van der Waals surface area (Å²) in [6.45, 7) is 0. The Balaban J connectivity index is 1.85. The summed E-state index contributed by atoms with van der Waals surface area (Å²) in [5, 5.41) is 0.707. The molecule has 1 aromatic carbocycles. The van der Waals surface area contributed by atoms with Crippen LogP contribution in [0, 0.1) is 0 Å². The van der Waals surface area contributed by atoms with Crippen LogP contribution < -0.4 is 4.90 Å². The van der Waals surface area contributed by atoms with Gasteiger partial charge < -0.3 is 4.90 Å². The molecule has 1 saturated carbocycles. The molecule has 0 aromatic heterocycles. The van der Waals surface area contributed by atoms with Gasteiger partial charge in [0, 0.05) is 30.6 Å². The minimum atomic E-state index is 0.265. The van der Waals surface area contributed by atoms with Gasteiger partial charge in [-0.25, -0.2) is 0 Å². The Morgan fingerprint density at radius 1 is 1.16 bits per heavy atom. The molecule has 0 saturated heterocycles. The lowest BCUT2D eigenvalue weighted by Crippen LogP contribution is -2.12. The highest BCUT2D eigenvalue weighted by Gasteiger charge is 2.15. The molecule has 1 aromatic rings. The molecular weight excluding hydrogens is 254 g/mol. The monoisotopic (exact) mass is 277 g/mol. The fourth-order valence-electron chi connectivity index (χ4n) is 2.45. The maximum Gasteiger partial charge on any atom is 0.172 e. The second-order valence-electron chi connectivity index (χ2n) is 5.44. The van der Waals surface area contributed by atoms with Crippen molar-refractivity contribution in [3.8, 4) is 0 Å². The van der Waals surface area contributed by atoms with E-state index in [0.717, 1.165) is 11.3 Å². The molecule has 0 N–H and O–H groups in total. The highest BCUT2D eigenvalue weighted by Crippen LogP contribution is 2.28. The van der Waals surface area contributed by atoms with Gasteiger partial charge in [0.05, 0.1) is 5.75 Å². The molecule has 0 unspecified atom stereocenters. The number of thioether (sulfide) groups is 1. The van der Waals surface area contributed by atoms with Crippen LogP contribution in [-0.4, -0.2) is 30.9 Å². The van der Waals surface area contributed by atoms with Crippen molar-refractivity contribution < 1.29 is 4.79 Å². The maximum absolute atomic E-state index is 12.1. The van der Waals surface area contributed by atoms with Crippen molar-refractivity contribution in [3.63, 3.8) is 0 Å². The summed E-state index contributed by atoms with van der Waals surface area (Å²) in [6, 6.07) is 7.91. The van der Waals surface area contributed by atoms with E-state index in [0.29, 0.717) is 11.0 Å². The molecule has 0 atom stereocenters. The minimum Gasteiger partial charge on any atom is -0.378 e. The third-order valence-electron chi connectivity index (χ3n) is 3.71. The maximum atomic E-state index is 12.1. The van der Waals surface area contributed by atoms with Crippen molar-refractivity contribution in [1.29, 1.82) is 0 Å². The molecule has 0 aliphatic heterocycles. The van der Waals surface area contributed by atoms with Gasteiger partial charge in [-0.05, 0) is 37.1 Å². The fraction of sp³-hybridized carbons (Fsp3) is 0.562. The number of hydrogen-bond acceptors (Lipinski definition) is 3. The standard InChI is InChI=1S/C16H23NOS/c1-17(2)14-10-8-13(9-11-14)16(18)12-19-15-6-4-3-5-7-15/h8-11,15H,3-7,12H2,1-2H3. The van der Waals surface area contributed by atoms with Gasteiger partial charge in [-0.2, -0.15) is 11.8 Å². The number of benzene rings is 1. The van der Waals surface area contributed by atoms with Gasteiger partial charge in [-0.15, -0.1) is 0 Å². The van der Waals surface area contributed by atoms with Gasteiger partial charge in [0.1, 0.15) is 0 Å². The summed E-state index contributed by atoms with van der Waals surface area (Å²) in [6.07, 6.45) is 6.62. The minimum absolute atomic E-state index is 0.265. The average Bonchev–Trinajstić information content (AvgIpc) is 2.46. The van der Waals surface area contributed by atoms with Crippen molar-refractivity contribution in [1.82, 2.24) is 0 Å². The largest absolute Gasteiger partial charge is 0.378 e. The van der Waals surface area contributed by atoms with E-state index in [9.17, 15) is 4.79 Å². The van der Waals surface area contributed by atoms with Gasteiger partial charge in [-0.3, -0.25) is 4.79 Å². The number of hydrogen-bond donors (Lipinski definition) is 0. The topological polar surface area (TPSA) is 20.3 Å². The predicted octanol–water partition coefficient (Wildman–Crippen LogP) is 4.00. The van der Waals surface area contributed by atoms with Crippen molar-refractivity contribution in [3.05, 3.63) is 29.8 Å². The van der Waals surface area contributed by atoms with E-state index in [-0.39, 0.29) is 5.78 Å². The molecule has 1 fully saturated rings. The third kappa shape index (κ3) is 4.27. The van der Waals surface area contributed by atoms with Crippen LogP contribution >= 0.6 is 11.8 Å². The van der Waals surface area contributed by atoms with Crippen molar-refractivity contribution in [2.45, 2.75) is 37.4 Å². The van der Waals surface area contributed by atoms with Crippen LogP contribution in [0.15, 0.2) is 24.3 Å². The number of anilines is 1. The highest BCUT2D eigenvalue weighted by atomic mass is 32.2. The molecule has 3 heteroatoms. The second-order valence-corrected chi connectivity index (χ2v) is 6.72. The summed E-state index contributed by atoms with van der Waals surface area (Å²) < 4.78 is 0. The summed E-state index contributed by atoms with van der Waals surface area (Å²) in [5.41, 5.74) is 1.98. The first kappa shape index (κ1) is 14.4. The Bertz CT molecular complexity index is 407. The Hall–Kier alpha value is -0.960. The van der Waals surface area contributed by atoms with E-state index < -0.39 is 0 Å². The normalized spacial score (nSPS) is 16.3. The van der Waals surface area contributed by atoms with Gasteiger partial charge in [-0.1, -0.05) is 19.3 Å². The van der Waals surface area contributed by atoms with Gasteiger partial charge >= 0.3 is 0 Å². The zero-order chi connectivity index (χ0) is 13.7. The van der Waals surface area contributed by atoms with Crippen LogP contribution in [0.1, 0.15) is 42.5 Å². The Morgan fingerprint density at radius 2 is 1.79 bits per heavy atom. The molecule has 0 spiro atoms. The number of nitrogens with zero attached hydrogens (tertiary/aromatic N) is 1. The number of ketones is 1. The van der Waals surface area contributed by atoms with E-state index >= 15 is 0 Å². The lowest BCUT2D eigenvalue weighted by Gasteiger charge is -2.20. The Morgan fingerprint density at radius 3 is 2.37 bits per heavy atom. The first-order chi connectivity index (χ1) is 9.16. The lowest BCUT2D eigenvalue weighted by molar-refractivity contribution is 0.102. The molecule has 0 bridgehead atoms. The Kier molecular flexibility index (Phi) is 5.32. The van der Waals surface area contributed by atoms with Crippen molar-refractivity contribution >= 4 is 23.2 Å². The zero-order valence-electron chi connectivity index (χ0n) is 11.9. The highest BCUT2D eigenvalue weighted by molar-refractivity contribution is 8.00. The van der Waals surface area contributed by atoms with Crippen LogP contribution in [0.4, 0.5) is 5.69 Å². The third-order valence-corrected chi connectivity index (χ3v) is 5.08. The summed E-state index contributed by atoms with van der Waals surface area (Å²) >= 11 is 1.85. The molecule has 0 radical (unpaired) electrons. The van der Waals surface area contributed by atoms with E-state index in [1.165, 1.54) is 32.1 Å². The summed E-state index contributed by atoms with van der Waals surface area (Å²) in [7, 11) is 4.02. The average molecular weight is 277 g/mol. The number of carbonyl (C=O) groups excluding carboxylic acids is 1. The number of carbonyl (C=O) groups is 1. The molecule has 19 heavy (non-hydrogen) atoms. The van der Waals surface area contributed by atoms with Crippen LogP contribution in [0.3, 0.4) is 0 Å². The van der Waals surface area contributed by atoms with Crippen molar-refractivity contribution in [2.24, 2.45) is 0 Å². The van der Waals surface area contributed by atoms with Crippen molar-refractivity contribution in [2.75, 3.05) is 24.7 Å². The van der Waals surface area contributed by atoms with Crippen LogP contribution in [0.25, 0.3) is 0 Å². The van der Waals surface area contributed by atoms with Crippen LogP contribution in [-0.2, 0) is 0 Å². The van der Waals surface area contributed by atoms with Crippen LogP contribution in [0.2, 0.25) is 0 Å². The Labute approximate surface area is 120 Å². The summed E-state index contributed by atoms with van der Waals surface area (Å²) in [4.78, 5) is 14.2. The smallest absolute Gasteiger partial charge is 0.172 e. The lowest BCUT2D eigenvalue weighted by atomic mass is 10.0. The first-order valence-electron chi connectivity index (χ1n) is 7.09. The molecular formula is C16H23NOS. The molecule has 104 valence electrons. The molecule has 0 amide bonds. The molecule has 1 aliphatic carbocycles. The van der Waals surface area contributed by atoms with Gasteiger partial charge in [0.2, 0.25) is 0 Å². The van der Waals surface area contributed by atoms with Gasteiger partial charge in [0.15, 0.2) is 5.78 Å². The van der Waals surface area contributed by atoms with E-state index in [1.54, 1.807) is 0 Å². The van der Waals surface area contributed by atoms with Crippen LogP contribution in [0.5, 0.6) is 0 Å². The second kappa shape index (κ2) is 6.99. The van der Waals surface area contributed by atoms with E-state index in [4.69, 9.17) is 0 Å². The molecule has 1 aliphatic rings. The zero-order valence-corrected chi connectivity index (χ0v) is 12.7. The molecule has 2 nitrogen and oxygen atoms in total. The summed E-state index contributed by atoms with van der Waals surface area (Å²) in [5.74, 6) is 0.896. The molecule has 0 heterocycles.